The number of methoxy groups -OCH3 is 1. The summed E-state index contributed by atoms with van der Waals surface area (Å²) >= 11 is 0. The Morgan fingerprint density at radius 2 is 1.85 bits per heavy atom. The van der Waals surface area contributed by atoms with E-state index in [-0.39, 0.29) is 24.0 Å². The van der Waals surface area contributed by atoms with Gasteiger partial charge in [0.1, 0.15) is 11.5 Å². The summed E-state index contributed by atoms with van der Waals surface area (Å²) in [5.74, 6) is 2.69. The van der Waals surface area contributed by atoms with E-state index in [1.54, 1.807) is 13.4 Å². The number of hydrogen-bond donors (Lipinski definition) is 2. The Bertz CT molecular complexity index is 612. The van der Waals surface area contributed by atoms with Crippen molar-refractivity contribution in [2.45, 2.75) is 39.2 Å². The second kappa shape index (κ2) is 13.5. The maximum absolute atomic E-state index is 5.37. The van der Waals surface area contributed by atoms with E-state index in [0.717, 1.165) is 49.0 Å². The fourth-order valence-electron chi connectivity index (χ4n) is 2.42. The second-order valence-electron chi connectivity index (χ2n) is 5.90. The zero-order valence-corrected chi connectivity index (χ0v) is 18.0. The quantitative estimate of drug-likeness (QED) is 0.234. The van der Waals surface area contributed by atoms with Gasteiger partial charge in [0.2, 0.25) is 0 Å². The van der Waals surface area contributed by atoms with Crippen molar-refractivity contribution in [2.75, 3.05) is 20.2 Å². The van der Waals surface area contributed by atoms with Gasteiger partial charge < -0.3 is 19.8 Å². The number of aliphatic imine (C=N–C) groups is 1. The lowest BCUT2D eigenvalue weighted by Crippen LogP contribution is -2.39. The van der Waals surface area contributed by atoms with E-state index in [1.807, 2.05) is 36.4 Å². The Hall–Kier alpha value is -1.70. The van der Waals surface area contributed by atoms with E-state index in [1.165, 1.54) is 12.8 Å². The predicted octanol–water partition coefficient (Wildman–Crippen LogP) is 4.37. The Balaban J connectivity index is 0.00000338. The first-order valence-corrected chi connectivity index (χ1v) is 8.99. The molecule has 26 heavy (non-hydrogen) atoms. The van der Waals surface area contributed by atoms with Crippen LogP contribution in [0.5, 0.6) is 5.75 Å². The van der Waals surface area contributed by atoms with E-state index in [2.05, 4.69) is 22.5 Å². The van der Waals surface area contributed by atoms with Crippen molar-refractivity contribution in [3.05, 3.63) is 54.0 Å². The Labute approximate surface area is 173 Å². The number of rotatable bonds is 10. The molecule has 0 unspecified atom stereocenters. The molecule has 1 heterocycles. The number of ether oxygens (including phenoxy) is 1. The normalized spacial score (nSPS) is 10.9. The minimum Gasteiger partial charge on any atom is -0.497 e. The van der Waals surface area contributed by atoms with Crippen LogP contribution < -0.4 is 15.4 Å². The molecule has 1 aromatic carbocycles. The molecule has 0 saturated carbocycles. The molecular weight excluding hydrogens is 441 g/mol. The number of hydrogen-bond acceptors (Lipinski definition) is 3. The first kappa shape index (κ1) is 22.3. The van der Waals surface area contributed by atoms with Crippen LogP contribution >= 0.6 is 24.0 Å². The van der Waals surface area contributed by atoms with Crippen LogP contribution in [0.2, 0.25) is 0 Å². The highest BCUT2D eigenvalue weighted by atomic mass is 127. The molecule has 2 rings (SSSR count). The average Bonchev–Trinajstić information content (AvgIpc) is 3.16. The van der Waals surface area contributed by atoms with Crippen LogP contribution in [0, 0.1) is 0 Å². The number of nitrogens with zero attached hydrogens (tertiary/aromatic N) is 1. The minimum atomic E-state index is 0. The second-order valence-corrected chi connectivity index (χ2v) is 5.90. The number of nitrogens with one attached hydrogen (secondary N) is 2. The molecule has 0 saturated heterocycles. The van der Waals surface area contributed by atoms with Crippen molar-refractivity contribution in [1.29, 1.82) is 0 Å². The fraction of sp³-hybridized carbons (Fsp3) is 0.450. The molecule has 6 heteroatoms. The summed E-state index contributed by atoms with van der Waals surface area (Å²) in [6, 6.07) is 11.9. The number of benzene rings is 1. The third-order valence-corrected chi connectivity index (χ3v) is 3.90. The smallest absolute Gasteiger partial charge is 0.191 e. The molecule has 0 spiro atoms. The minimum absolute atomic E-state index is 0. The number of unbranched alkanes of at least 4 members (excludes halogenated alkanes) is 2. The molecule has 0 bridgehead atoms. The lowest BCUT2D eigenvalue weighted by Gasteiger charge is -2.12. The summed E-state index contributed by atoms with van der Waals surface area (Å²) in [7, 11) is 1.68. The SMILES string of the molecule is CCCCCNC(=NCc1ccc(OC)cc1)NCCc1ccco1.I. The van der Waals surface area contributed by atoms with Crippen LogP contribution in [0.15, 0.2) is 52.1 Å². The van der Waals surface area contributed by atoms with Gasteiger partial charge in [0.25, 0.3) is 0 Å². The van der Waals surface area contributed by atoms with Crippen LogP contribution in [0.1, 0.15) is 37.5 Å². The Morgan fingerprint density at radius 3 is 2.50 bits per heavy atom. The molecule has 0 fully saturated rings. The monoisotopic (exact) mass is 471 g/mol. The van der Waals surface area contributed by atoms with Gasteiger partial charge in [0.05, 0.1) is 19.9 Å². The zero-order chi connectivity index (χ0) is 17.7. The third-order valence-electron chi connectivity index (χ3n) is 3.90. The van der Waals surface area contributed by atoms with Crippen LogP contribution in [-0.4, -0.2) is 26.2 Å². The highest BCUT2D eigenvalue weighted by molar-refractivity contribution is 14.0. The molecule has 0 aliphatic rings. The van der Waals surface area contributed by atoms with E-state index >= 15 is 0 Å². The van der Waals surface area contributed by atoms with Crippen molar-refractivity contribution in [3.8, 4) is 5.75 Å². The number of furan rings is 1. The first-order chi connectivity index (χ1) is 12.3. The first-order valence-electron chi connectivity index (χ1n) is 8.99. The number of guanidine groups is 1. The third kappa shape index (κ3) is 8.60. The maximum atomic E-state index is 5.37. The van der Waals surface area contributed by atoms with Crippen LogP contribution in [0.4, 0.5) is 0 Å². The summed E-state index contributed by atoms with van der Waals surface area (Å²) in [5.41, 5.74) is 1.15. The van der Waals surface area contributed by atoms with Gasteiger partial charge in [-0.05, 0) is 36.2 Å². The summed E-state index contributed by atoms with van der Waals surface area (Å²) in [5, 5.41) is 6.79. The summed E-state index contributed by atoms with van der Waals surface area (Å²) < 4.78 is 10.6. The molecule has 0 radical (unpaired) electrons. The highest BCUT2D eigenvalue weighted by Crippen LogP contribution is 2.11. The molecule has 0 aliphatic carbocycles. The molecule has 0 atom stereocenters. The van der Waals surface area contributed by atoms with E-state index in [4.69, 9.17) is 9.15 Å². The topological polar surface area (TPSA) is 58.8 Å². The Kier molecular flexibility index (Phi) is 11.6. The zero-order valence-electron chi connectivity index (χ0n) is 15.7. The summed E-state index contributed by atoms with van der Waals surface area (Å²) in [6.45, 7) is 4.56. The van der Waals surface area contributed by atoms with Crippen molar-refractivity contribution in [3.63, 3.8) is 0 Å². The maximum Gasteiger partial charge on any atom is 0.191 e. The van der Waals surface area contributed by atoms with Crippen molar-refractivity contribution < 1.29 is 9.15 Å². The fourth-order valence-corrected chi connectivity index (χ4v) is 2.42. The standard InChI is InChI=1S/C20H29N3O2.HI/c1-3-4-5-13-21-20(22-14-12-19-7-6-15-25-19)23-16-17-8-10-18(24-2)11-9-17;/h6-11,15H,3-5,12-14,16H2,1-2H3,(H2,21,22,23);1H. The molecule has 5 nitrogen and oxygen atoms in total. The van der Waals surface area contributed by atoms with E-state index < -0.39 is 0 Å². The Morgan fingerprint density at radius 1 is 1.08 bits per heavy atom. The lowest BCUT2D eigenvalue weighted by molar-refractivity contribution is 0.414. The van der Waals surface area contributed by atoms with Gasteiger partial charge in [-0.2, -0.15) is 0 Å². The largest absolute Gasteiger partial charge is 0.497 e. The predicted molar refractivity (Wildman–Crippen MR) is 117 cm³/mol. The molecule has 2 aromatic rings. The van der Waals surface area contributed by atoms with Crippen molar-refractivity contribution in [1.82, 2.24) is 10.6 Å². The number of halogens is 1. The van der Waals surface area contributed by atoms with Gasteiger partial charge in [0, 0.05) is 19.5 Å². The van der Waals surface area contributed by atoms with Crippen LogP contribution in [0.3, 0.4) is 0 Å². The summed E-state index contributed by atoms with van der Waals surface area (Å²) in [4.78, 5) is 4.69. The van der Waals surface area contributed by atoms with Gasteiger partial charge in [-0.3, -0.25) is 0 Å². The molecule has 1 aromatic heterocycles. The van der Waals surface area contributed by atoms with E-state index in [9.17, 15) is 0 Å². The van der Waals surface area contributed by atoms with Crippen LogP contribution in [0.25, 0.3) is 0 Å². The van der Waals surface area contributed by atoms with Gasteiger partial charge >= 0.3 is 0 Å². The lowest BCUT2D eigenvalue weighted by atomic mass is 10.2. The summed E-state index contributed by atoms with van der Waals surface area (Å²) in [6.07, 6.45) is 6.14. The van der Waals surface area contributed by atoms with Crippen LogP contribution in [-0.2, 0) is 13.0 Å². The average molecular weight is 471 g/mol. The van der Waals surface area contributed by atoms with Gasteiger partial charge in [-0.25, -0.2) is 4.99 Å². The van der Waals surface area contributed by atoms with Gasteiger partial charge in [-0.1, -0.05) is 31.9 Å². The van der Waals surface area contributed by atoms with Crippen molar-refractivity contribution in [2.24, 2.45) is 4.99 Å². The molecule has 0 amide bonds. The van der Waals surface area contributed by atoms with Gasteiger partial charge in [0.15, 0.2) is 5.96 Å². The molecule has 2 N–H and O–H groups in total. The highest BCUT2D eigenvalue weighted by Gasteiger charge is 2.01. The van der Waals surface area contributed by atoms with Crippen molar-refractivity contribution >= 4 is 29.9 Å². The molecule has 0 aliphatic heterocycles. The molecular formula is C20H30IN3O2. The van der Waals surface area contributed by atoms with Gasteiger partial charge in [-0.15, -0.1) is 24.0 Å². The molecule has 144 valence electrons. The van der Waals surface area contributed by atoms with E-state index in [0.29, 0.717) is 6.54 Å².